The predicted molar refractivity (Wildman–Crippen MR) is 92.2 cm³/mol. The van der Waals surface area contributed by atoms with Crippen molar-refractivity contribution in [3.05, 3.63) is 35.9 Å². The molecule has 2 amide bonds. The Morgan fingerprint density at radius 1 is 1.29 bits per heavy atom. The van der Waals surface area contributed by atoms with Gasteiger partial charge >= 0.3 is 6.09 Å². The van der Waals surface area contributed by atoms with Crippen LogP contribution in [0.15, 0.2) is 30.3 Å². The van der Waals surface area contributed by atoms with Crippen LogP contribution in [0.4, 0.5) is 4.79 Å². The summed E-state index contributed by atoms with van der Waals surface area (Å²) < 4.78 is 5.29. The van der Waals surface area contributed by atoms with Gasteiger partial charge in [0.25, 0.3) is 0 Å². The van der Waals surface area contributed by atoms with Crippen LogP contribution in [0.5, 0.6) is 0 Å². The number of benzene rings is 1. The van der Waals surface area contributed by atoms with Gasteiger partial charge < -0.3 is 20.7 Å². The van der Waals surface area contributed by atoms with Crippen LogP contribution in [0.2, 0.25) is 0 Å². The van der Waals surface area contributed by atoms with Gasteiger partial charge in [0.1, 0.15) is 6.61 Å². The monoisotopic (exact) mass is 333 g/mol. The maximum atomic E-state index is 12.1. The van der Waals surface area contributed by atoms with E-state index in [1.165, 1.54) is 0 Å². The maximum Gasteiger partial charge on any atom is 0.407 e. The van der Waals surface area contributed by atoms with E-state index in [1.54, 1.807) is 18.9 Å². The average Bonchev–Trinajstić information content (AvgIpc) is 2.60. The van der Waals surface area contributed by atoms with Crippen LogP contribution in [0.1, 0.15) is 38.2 Å². The van der Waals surface area contributed by atoms with E-state index in [0.29, 0.717) is 0 Å². The second-order valence-electron chi connectivity index (χ2n) is 6.40. The third-order valence-corrected chi connectivity index (χ3v) is 4.48. The number of hydrogen-bond donors (Lipinski definition) is 2. The van der Waals surface area contributed by atoms with Crippen molar-refractivity contribution in [1.82, 2.24) is 10.2 Å². The highest BCUT2D eigenvalue weighted by Crippen LogP contribution is 2.23. The van der Waals surface area contributed by atoms with Crippen molar-refractivity contribution < 1.29 is 14.3 Å². The minimum Gasteiger partial charge on any atom is -0.445 e. The lowest BCUT2D eigenvalue weighted by Crippen LogP contribution is -2.56. The summed E-state index contributed by atoms with van der Waals surface area (Å²) in [6.07, 6.45) is 3.32. The van der Waals surface area contributed by atoms with Gasteiger partial charge in [-0.05, 0) is 25.3 Å². The molecule has 1 aliphatic carbocycles. The normalized spacial score (nSPS) is 21.6. The summed E-state index contributed by atoms with van der Waals surface area (Å²) in [6, 6.07) is 8.86. The molecule has 0 saturated heterocycles. The zero-order valence-electron chi connectivity index (χ0n) is 14.4. The highest BCUT2D eigenvalue weighted by atomic mass is 16.5. The molecule has 0 radical (unpaired) electrons. The Bertz CT molecular complexity index is 548. The van der Waals surface area contributed by atoms with E-state index in [2.05, 4.69) is 5.32 Å². The number of hydrogen-bond acceptors (Lipinski definition) is 4. The van der Waals surface area contributed by atoms with E-state index >= 15 is 0 Å². The van der Waals surface area contributed by atoms with Gasteiger partial charge in [-0.1, -0.05) is 43.2 Å². The van der Waals surface area contributed by atoms with E-state index in [-0.39, 0.29) is 24.6 Å². The number of likely N-dealkylation sites (N-methyl/N-ethyl adjacent to an activating group) is 1. The molecule has 0 aromatic heterocycles. The molecule has 132 valence electrons. The van der Waals surface area contributed by atoms with Crippen LogP contribution in [0.25, 0.3) is 0 Å². The Labute approximate surface area is 143 Å². The number of alkyl carbamates (subject to hydrolysis) is 1. The first kappa shape index (κ1) is 18.3. The van der Waals surface area contributed by atoms with Gasteiger partial charge in [-0.2, -0.15) is 0 Å². The van der Waals surface area contributed by atoms with Gasteiger partial charge in [-0.15, -0.1) is 0 Å². The zero-order chi connectivity index (χ0) is 17.5. The summed E-state index contributed by atoms with van der Waals surface area (Å²) in [5.41, 5.74) is 6.64. The Morgan fingerprint density at radius 2 is 1.96 bits per heavy atom. The van der Waals surface area contributed by atoms with E-state index in [0.717, 1.165) is 31.2 Å². The van der Waals surface area contributed by atoms with Gasteiger partial charge in [0, 0.05) is 7.05 Å². The molecule has 3 N–H and O–H groups in total. The zero-order valence-corrected chi connectivity index (χ0v) is 14.4. The van der Waals surface area contributed by atoms with Crippen molar-refractivity contribution in [2.75, 3.05) is 7.05 Å². The second-order valence-corrected chi connectivity index (χ2v) is 6.40. The largest absolute Gasteiger partial charge is 0.445 e. The van der Waals surface area contributed by atoms with Crippen molar-refractivity contribution in [3.8, 4) is 0 Å². The smallest absolute Gasteiger partial charge is 0.407 e. The first-order chi connectivity index (χ1) is 11.5. The molecule has 0 bridgehead atoms. The lowest BCUT2D eigenvalue weighted by atomic mass is 9.89. The molecule has 2 rings (SSSR count). The Kier molecular flexibility index (Phi) is 6.61. The third-order valence-electron chi connectivity index (χ3n) is 4.48. The standard InChI is InChI=1S/C18H27N3O3/c1-13(19)17(22)21(2)16-11-7-6-10-15(16)20-18(23)24-12-14-8-4-3-5-9-14/h3-5,8-9,13,15-16H,6-7,10-12,19H2,1-2H3,(H,20,23)/t13-,15-,16+/m0/s1. The number of carbonyl (C=O) groups excluding carboxylic acids is 2. The van der Waals surface area contributed by atoms with Gasteiger partial charge in [0.2, 0.25) is 5.91 Å². The van der Waals surface area contributed by atoms with Crippen LogP contribution in [-0.2, 0) is 16.1 Å². The number of ether oxygens (including phenoxy) is 1. The molecule has 24 heavy (non-hydrogen) atoms. The van der Waals surface area contributed by atoms with Crippen LogP contribution in [0, 0.1) is 0 Å². The summed E-state index contributed by atoms with van der Waals surface area (Å²) >= 11 is 0. The van der Waals surface area contributed by atoms with Crippen molar-refractivity contribution in [2.24, 2.45) is 5.73 Å². The SMILES string of the molecule is C[C@H](N)C(=O)N(C)[C@@H]1CCCC[C@@H]1NC(=O)OCc1ccccc1. The van der Waals surface area contributed by atoms with Crippen molar-refractivity contribution >= 4 is 12.0 Å². The number of amides is 2. The molecule has 6 nitrogen and oxygen atoms in total. The Hall–Kier alpha value is -2.08. The van der Waals surface area contributed by atoms with Gasteiger partial charge in [0.05, 0.1) is 18.1 Å². The topological polar surface area (TPSA) is 84.7 Å². The molecule has 0 aliphatic heterocycles. The molecule has 1 aromatic carbocycles. The van der Waals surface area contributed by atoms with Crippen LogP contribution >= 0.6 is 0 Å². The summed E-state index contributed by atoms with van der Waals surface area (Å²) in [4.78, 5) is 25.9. The first-order valence-corrected chi connectivity index (χ1v) is 8.48. The molecule has 0 heterocycles. The maximum absolute atomic E-state index is 12.1. The lowest BCUT2D eigenvalue weighted by molar-refractivity contribution is -0.134. The fraction of sp³-hybridized carbons (Fsp3) is 0.556. The van der Waals surface area contributed by atoms with E-state index in [9.17, 15) is 9.59 Å². The van der Waals surface area contributed by atoms with Crippen molar-refractivity contribution in [2.45, 2.75) is 57.3 Å². The molecule has 0 spiro atoms. The van der Waals surface area contributed by atoms with Gasteiger partial charge in [-0.3, -0.25) is 4.79 Å². The fourth-order valence-electron chi connectivity index (χ4n) is 3.14. The summed E-state index contributed by atoms with van der Waals surface area (Å²) in [6.45, 7) is 1.91. The highest BCUT2D eigenvalue weighted by molar-refractivity contribution is 5.81. The molecular weight excluding hydrogens is 306 g/mol. The van der Waals surface area contributed by atoms with Crippen LogP contribution in [-0.4, -0.2) is 42.1 Å². The summed E-state index contributed by atoms with van der Waals surface area (Å²) in [5.74, 6) is -0.105. The Balaban J connectivity index is 1.90. The average molecular weight is 333 g/mol. The molecule has 1 aliphatic rings. The molecule has 6 heteroatoms. The molecule has 1 aromatic rings. The third kappa shape index (κ3) is 4.96. The van der Waals surface area contributed by atoms with E-state index in [4.69, 9.17) is 10.5 Å². The highest BCUT2D eigenvalue weighted by Gasteiger charge is 2.32. The summed E-state index contributed by atoms with van der Waals surface area (Å²) in [5, 5.41) is 2.92. The molecule has 1 saturated carbocycles. The van der Waals surface area contributed by atoms with E-state index < -0.39 is 12.1 Å². The second kappa shape index (κ2) is 8.68. The number of nitrogens with two attached hydrogens (primary N) is 1. The fourth-order valence-corrected chi connectivity index (χ4v) is 3.14. The Morgan fingerprint density at radius 3 is 2.62 bits per heavy atom. The van der Waals surface area contributed by atoms with Crippen molar-refractivity contribution in [1.29, 1.82) is 0 Å². The van der Waals surface area contributed by atoms with E-state index in [1.807, 2.05) is 30.3 Å². The molecular formula is C18H27N3O3. The molecule has 1 fully saturated rings. The van der Waals surface area contributed by atoms with Crippen LogP contribution < -0.4 is 11.1 Å². The van der Waals surface area contributed by atoms with Gasteiger partial charge in [-0.25, -0.2) is 4.79 Å². The number of carbonyl (C=O) groups is 2. The number of nitrogens with zero attached hydrogens (tertiary/aromatic N) is 1. The lowest BCUT2D eigenvalue weighted by Gasteiger charge is -2.38. The quantitative estimate of drug-likeness (QED) is 0.863. The summed E-state index contributed by atoms with van der Waals surface area (Å²) in [7, 11) is 1.76. The minimum absolute atomic E-state index is 0.0403. The van der Waals surface area contributed by atoms with Crippen molar-refractivity contribution in [3.63, 3.8) is 0 Å². The first-order valence-electron chi connectivity index (χ1n) is 8.48. The number of nitrogens with one attached hydrogen (secondary N) is 1. The predicted octanol–water partition coefficient (Wildman–Crippen LogP) is 2.03. The van der Waals surface area contributed by atoms with Gasteiger partial charge in [0.15, 0.2) is 0 Å². The minimum atomic E-state index is -0.539. The molecule has 0 unspecified atom stereocenters. The van der Waals surface area contributed by atoms with Crippen LogP contribution in [0.3, 0.4) is 0 Å². The number of rotatable bonds is 5. The molecule has 3 atom stereocenters.